The number of amides is 1. The third-order valence-corrected chi connectivity index (χ3v) is 4.18. The van der Waals surface area contributed by atoms with Gasteiger partial charge < -0.3 is 20.4 Å². The van der Waals surface area contributed by atoms with Crippen molar-refractivity contribution in [1.29, 1.82) is 0 Å². The topological polar surface area (TPSA) is 72.9 Å². The second kappa shape index (κ2) is 12.7. The first-order valence-corrected chi connectivity index (χ1v) is 9.14. The highest BCUT2D eigenvalue weighted by Gasteiger charge is 2.20. The van der Waals surface area contributed by atoms with Gasteiger partial charge in [0.2, 0.25) is 5.91 Å². The van der Waals surface area contributed by atoms with Gasteiger partial charge in [-0.15, -0.1) is 24.0 Å². The Morgan fingerprint density at radius 2 is 1.92 bits per heavy atom. The lowest BCUT2D eigenvalue weighted by molar-refractivity contribution is -0.130. The number of nitrogens with one attached hydrogen (secondary N) is 2. The number of hydrogen-bond acceptors (Lipinski definition) is 4. The van der Waals surface area contributed by atoms with Gasteiger partial charge in [-0.25, -0.2) is 4.98 Å². The van der Waals surface area contributed by atoms with Crippen molar-refractivity contribution in [3.8, 4) is 0 Å². The molecule has 0 radical (unpaired) electrons. The second-order valence-corrected chi connectivity index (χ2v) is 6.08. The molecule has 2 N–H and O–H groups in total. The summed E-state index contributed by atoms with van der Waals surface area (Å²) in [5, 5.41) is 6.67. The predicted molar refractivity (Wildman–Crippen MR) is 117 cm³/mol. The van der Waals surface area contributed by atoms with Crippen LogP contribution in [0, 0.1) is 0 Å². The van der Waals surface area contributed by atoms with Crippen LogP contribution in [0.5, 0.6) is 0 Å². The molecular formula is C18H31IN6O. The van der Waals surface area contributed by atoms with Crippen molar-refractivity contribution in [2.45, 2.75) is 26.7 Å². The molecule has 2 rings (SSSR count). The van der Waals surface area contributed by atoms with E-state index >= 15 is 0 Å². The van der Waals surface area contributed by atoms with E-state index in [2.05, 4.69) is 27.4 Å². The summed E-state index contributed by atoms with van der Waals surface area (Å²) < 4.78 is 0. The smallest absolute Gasteiger partial charge is 0.219 e. The molecule has 8 heteroatoms. The zero-order chi connectivity index (χ0) is 17.9. The molecule has 0 saturated carbocycles. The molecule has 1 saturated heterocycles. The zero-order valence-electron chi connectivity index (χ0n) is 15.8. The van der Waals surface area contributed by atoms with Crippen molar-refractivity contribution >= 4 is 41.7 Å². The minimum absolute atomic E-state index is 0. The predicted octanol–water partition coefficient (Wildman–Crippen LogP) is 2.02. The van der Waals surface area contributed by atoms with E-state index in [4.69, 9.17) is 4.99 Å². The Labute approximate surface area is 173 Å². The van der Waals surface area contributed by atoms with E-state index in [1.807, 2.05) is 23.1 Å². The fourth-order valence-electron chi connectivity index (χ4n) is 2.76. The molecule has 0 unspecified atom stereocenters. The Morgan fingerprint density at radius 1 is 1.19 bits per heavy atom. The minimum atomic E-state index is 0. The highest BCUT2D eigenvalue weighted by atomic mass is 127. The molecule has 146 valence electrons. The molecule has 0 atom stereocenters. The lowest BCUT2D eigenvalue weighted by Crippen LogP contribution is -2.53. The Kier molecular flexibility index (Phi) is 11.0. The van der Waals surface area contributed by atoms with Gasteiger partial charge in [-0.3, -0.25) is 9.79 Å². The maximum Gasteiger partial charge on any atom is 0.219 e. The van der Waals surface area contributed by atoms with Crippen LogP contribution < -0.4 is 10.6 Å². The Bertz CT molecular complexity index is 546. The summed E-state index contributed by atoms with van der Waals surface area (Å²) >= 11 is 0. The number of carbonyl (C=O) groups is 1. The van der Waals surface area contributed by atoms with E-state index in [1.54, 1.807) is 13.1 Å². The summed E-state index contributed by atoms with van der Waals surface area (Å²) in [4.78, 5) is 24.5. The molecule has 2 heterocycles. The van der Waals surface area contributed by atoms with Crippen LogP contribution in [-0.4, -0.2) is 72.5 Å². The number of hydrogen-bond donors (Lipinski definition) is 2. The van der Waals surface area contributed by atoms with Crippen LogP contribution >= 0.6 is 24.0 Å². The molecule has 7 nitrogen and oxygen atoms in total. The normalized spacial score (nSPS) is 14.6. The van der Waals surface area contributed by atoms with Crippen LogP contribution in [0.4, 0.5) is 5.82 Å². The number of anilines is 1. The molecule has 1 aliphatic rings. The lowest BCUT2D eigenvalue weighted by Gasteiger charge is -2.36. The van der Waals surface area contributed by atoms with Crippen LogP contribution in [0.2, 0.25) is 0 Å². The monoisotopic (exact) mass is 474 g/mol. The number of aliphatic imine (C=N–C) groups is 1. The van der Waals surface area contributed by atoms with Gasteiger partial charge in [-0.1, -0.05) is 6.07 Å². The average Bonchev–Trinajstić information content (AvgIpc) is 2.64. The van der Waals surface area contributed by atoms with E-state index in [1.165, 1.54) is 0 Å². The Balaban J connectivity index is 0.00000338. The van der Waals surface area contributed by atoms with Crippen molar-refractivity contribution in [3.05, 3.63) is 24.4 Å². The SMILES string of the molecule is CCNC(=NCCCCNc1ccccn1)N1CCN(C(C)=O)CC1.I. The summed E-state index contributed by atoms with van der Waals surface area (Å²) in [6, 6.07) is 5.87. The largest absolute Gasteiger partial charge is 0.370 e. The van der Waals surface area contributed by atoms with Gasteiger partial charge in [0.05, 0.1) is 0 Å². The molecular weight excluding hydrogens is 443 g/mol. The molecule has 1 aromatic rings. The maximum atomic E-state index is 11.4. The molecule has 1 aromatic heterocycles. The van der Waals surface area contributed by atoms with E-state index in [0.717, 1.165) is 70.4 Å². The molecule has 0 bridgehead atoms. The minimum Gasteiger partial charge on any atom is -0.370 e. The van der Waals surface area contributed by atoms with E-state index in [0.29, 0.717) is 0 Å². The van der Waals surface area contributed by atoms with Gasteiger partial charge in [-0.05, 0) is 31.9 Å². The van der Waals surface area contributed by atoms with Gasteiger partial charge in [-0.2, -0.15) is 0 Å². The van der Waals surface area contributed by atoms with Crippen LogP contribution in [0.1, 0.15) is 26.7 Å². The van der Waals surface area contributed by atoms with E-state index in [9.17, 15) is 4.79 Å². The van der Waals surface area contributed by atoms with Crippen molar-refractivity contribution in [2.75, 3.05) is 51.1 Å². The number of unbranched alkanes of at least 4 members (excludes halogenated alkanes) is 1. The fourth-order valence-corrected chi connectivity index (χ4v) is 2.76. The number of aromatic nitrogens is 1. The zero-order valence-corrected chi connectivity index (χ0v) is 18.1. The number of halogens is 1. The molecule has 1 aliphatic heterocycles. The Hall–Kier alpha value is -1.58. The summed E-state index contributed by atoms with van der Waals surface area (Å²) in [7, 11) is 0. The van der Waals surface area contributed by atoms with Crippen LogP contribution in [0.3, 0.4) is 0 Å². The lowest BCUT2D eigenvalue weighted by atomic mass is 10.3. The number of rotatable bonds is 7. The highest BCUT2D eigenvalue weighted by Crippen LogP contribution is 2.04. The third kappa shape index (κ3) is 7.76. The first-order chi connectivity index (χ1) is 12.2. The van der Waals surface area contributed by atoms with Gasteiger partial charge in [0.1, 0.15) is 5.82 Å². The average molecular weight is 474 g/mol. The van der Waals surface area contributed by atoms with Crippen LogP contribution in [-0.2, 0) is 4.79 Å². The van der Waals surface area contributed by atoms with E-state index < -0.39 is 0 Å². The second-order valence-electron chi connectivity index (χ2n) is 6.08. The van der Waals surface area contributed by atoms with Crippen molar-refractivity contribution < 1.29 is 4.79 Å². The van der Waals surface area contributed by atoms with Crippen LogP contribution in [0.25, 0.3) is 0 Å². The van der Waals surface area contributed by atoms with Crippen molar-refractivity contribution in [2.24, 2.45) is 4.99 Å². The molecule has 1 fully saturated rings. The highest BCUT2D eigenvalue weighted by molar-refractivity contribution is 14.0. The summed E-state index contributed by atoms with van der Waals surface area (Å²) in [5.41, 5.74) is 0. The van der Waals surface area contributed by atoms with Gasteiger partial charge in [0.25, 0.3) is 0 Å². The molecule has 0 spiro atoms. The first kappa shape index (κ1) is 22.5. The Morgan fingerprint density at radius 3 is 2.54 bits per heavy atom. The standard InChI is InChI=1S/C18H30N6O.HI/c1-3-19-18(24-14-12-23(13-15-24)16(2)25)22-11-7-6-10-21-17-8-4-5-9-20-17;/h4-5,8-9H,3,6-7,10-15H2,1-2H3,(H,19,22)(H,20,21);1H. The molecule has 26 heavy (non-hydrogen) atoms. The maximum absolute atomic E-state index is 11.4. The molecule has 0 aliphatic carbocycles. The summed E-state index contributed by atoms with van der Waals surface area (Å²) in [6.45, 7) is 9.50. The number of pyridine rings is 1. The van der Waals surface area contributed by atoms with Crippen LogP contribution in [0.15, 0.2) is 29.4 Å². The number of nitrogens with zero attached hydrogens (tertiary/aromatic N) is 4. The fraction of sp³-hybridized carbons (Fsp3) is 0.611. The molecule has 0 aromatic carbocycles. The summed E-state index contributed by atoms with van der Waals surface area (Å²) in [5.74, 6) is 2.04. The van der Waals surface area contributed by atoms with Crippen molar-refractivity contribution in [1.82, 2.24) is 20.1 Å². The van der Waals surface area contributed by atoms with E-state index in [-0.39, 0.29) is 29.9 Å². The number of carbonyl (C=O) groups excluding carboxylic acids is 1. The number of guanidine groups is 1. The van der Waals surface area contributed by atoms with Crippen molar-refractivity contribution in [3.63, 3.8) is 0 Å². The van der Waals surface area contributed by atoms with Gasteiger partial charge >= 0.3 is 0 Å². The quantitative estimate of drug-likeness (QED) is 0.274. The van der Waals surface area contributed by atoms with Gasteiger partial charge in [0, 0.05) is 58.9 Å². The molecule has 1 amide bonds. The first-order valence-electron chi connectivity index (χ1n) is 9.14. The van der Waals surface area contributed by atoms with Gasteiger partial charge in [0.15, 0.2) is 5.96 Å². The number of piperazine rings is 1. The summed E-state index contributed by atoms with van der Waals surface area (Å²) in [6.07, 6.45) is 3.88. The third-order valence-electron chi connectivity index (χ3n) is 4.18.